The van der Waals surface area contributed by atoms with Gasteiger partial charge in [-0.25, -0.2) is 9.37 Å². The van der Waals surface area contributed by atoms with Crippen LogP contribution in [-0.2, 0) is 6.54 Å². The van der Waals surface area contributed by atoms with Gasteiger partial charge in [0, 0.05) is 17.7 Å². The molecule has 0 atom stereocenters. The largest absolute Gasteiger partial charge is 0.383 e. The predicted molar refractivity (Wildman–Crippen MR) is 108 cm³/mol. The molecule has 1 fully saturated rings. The molecule has 10 heteroatoms. The molecule has 4 N–H and O–H groups in total. The number of hydrogen-bond donors (Lipinski definition) is 3. The maximum atomic E-state index is 13.0. The van der Waals surface area contributed by atoms with Gasteiger partial charge in [-0.3, -0.25) is 10.1 Å². The van der Waals surface area contributed by atoms with E-state index in [1.54, 1.807) is 12.1 Å². The normalized spacial score (nSPS) is 13.5. The van der Waals surface area contributed by atoms with Crippen molar-refractivity contribution in [1.82, 2.24) is 30.3 Å². The zero-order chi connectivity index (χ0) is 20.7. The predicted octanol–water partition coefficient (Wildman–Crippen LogP) is 3.44. The van der Waals surface area contributed by atoms with Crippen molar-refractivity contribution in [2.45, 2.75) is 32.2 Å². The van der Waals surface area contributed by atoms with Crippen LogP contribution in [0, 0.1) is 12.7 Å². The highest BCUT2D eigenvalue weighted by molar-refractivity contribution is 5.74. The molecule has 0 aromatic carbocycles. The van der Waals surface area contributed by atoms with E-state index in [2.05, 4.69) is 35.6 Å². The summed E-state index contributed by atoms with van der Waals surface area (Å²) in [6.07, 6.45) is 3.52. The van der Waals surface area contributed by atoms with Crippen LogP contribution in [0.3, 0.4) is 0 Å². The number of H-pyrrole nitrogens is 1. The van der Waals surface area contributed by atoms with Gasteiger partial charge in [0.25, 0.3) is 0 Å². The Morgan fingerprint density at radius 1 is 1.20 bits per heavy atom. The van der Waals surface area contributed by atoms with E-state index in [0.29, 0.717) is 41.4 Å². The van der Waals surface area contributed by atoms with Gasteiger partial charge in [-0.05, 0) is 38.0 Å². The van der Waals surface area contributed by atoms with Crippen LogP contribution in [0.25, 0.3) is 22.6 Å². The lowest BCUT2D eigenvalue weighted by molar-refractivity contribution is 0.389. The number of rotatable bonds is 6. The maximum absolute atomic E-state index is 13.0. The molecule has 0 radical (unpaired) electrons. The fraction of sp³-hybridized carbons (Fsp3) is 0.250. The highest BCUT2D eigenvalue weighted by Gasteiger charge is 2.26. The molecule has 1 saturated carbocycles. The van der Waals surface area contributed by atoms with Crippen molar-refractivity contribution >= 4 is 11.8 Å². The summed E-state index contributed by atoms with van der Waals surface area (Å²) in [5, 5.41) is 14.5. The summed E-state index contributed by atoms with van der Waals surface area (Å²) in [5.41, 5.74) is 10.6. The molecule has 4 aromatic heterocycles. The molecule has 30 heavy (non-hydrogen) atoms. The van der Waals surface area contributed by atoms with Crippen molar-refractivity contribution in [3.05, 3.63) is 53.4 Å². The number of anilines is 2. The standard InChI is InChI=1S/C20H19FN8O/c1-10-18(17-7-15(27-28-17)11-2-3-11)19(22)26-20(25-10)24-9-13-6-16(29-30-13)14-5-4-12(21)8-23-14/h4-8,11H,2-3,9H2,1H3,(H,27,28)(H3,22,24,25,26). The second kappa shape index (κ2) is 7.21. The molecule has 9 nitrogen and oxygen atoms in total. The molecule has 0 unspecified atom stereocenters. The van der Waals surface area contributed by atoms with Crippen LogP contribution in [0.2, 0.25) is 0 Å². The summed E-state index contributed by atoms with van der Waals surface area (Å²) in [6.45, 7) is 2.18. The summed E-state index contributed by atoms with van der Waals surface area (Å²) in [4.78, 5) is 12.8. The van der Waals surface area contributed by atoms with Crippen molar-refractivity contribution < 1.29 is 8.91 Å². The van der Waals surface area contributed by atoms with Crippen LogP contribution in [-0.4, -0.2) is 30.3 Å². The number of nitrogens with two attached hydrogens (primary N) is 1. The summed E-state index contributed by atoms with van der Waals surface area (Å²) in [7, 11) is 0. The third-order valence-electron chi connectivity index (χ3n) is 4.96. The molecule has 1 aliphatic rings. The first-order valence-electron chi connectivity index (χ1n) is 9.58. The zero-order valence-electron chi connectivity index (χ0n) is 16.2. The number of nitrogens with zero attached hydrogens (tertiary/aromatic N) is 5. The second-order valence-electron chi connectivity index (χ2n) is 7.27. The van der Waals surface area contributed by atoms with E-state index in [4.69, 9.17) is 10.3 Å². The number of nitrogens with one attached hydrogen (secondary N) is 2. The zero-order valence-corrected chi connectivity index (χ0v) is 16.2. The Kier molecular flexibility index (Phi) is 4.38. The average molecular weight is 406 g/mol. The number of aryl methyl sites for hydroxylation is 1. The molecule has 0 aliphatic heterocycles. The molecular weight excluding hydrogens is 387 g/mol. The van der Waals surface area contributed by atoms with E-state index in [9.17, 15) is 4.39 Å². The van der Waals surface area contributed by atoms with E-state index in [-0.39, 0.29) is 0 Å². The highest BCUT2D eigenvalue weighted by atomic mass is 19.1. The van der Waals surface area contributed by atoms with Crippen LogP contribution >= 0.6 is 0 Å². The second-order valence-corrected chi connectivity index (χ2v) is 7.27. The fourth-order valence-corrected chi connectivity index (χ4v) is 3.27. The summed E-state index contributed by atoms with van der Waals surface area (Å²) in [6, 6.07) is 6.61. The first-order chi connectivity index (χ1) is 14.6. The van der Waals surface area contributed by atoms with Crippen LogP contribution in [0.5, 0.6) is 0 Å². The molecule has 0 amide bonds. The van der Waals surface area contributed by atoms with E-state index in [1.165, 1.54) is 18.9 Å². The van der Waals surface area contributed by atoms with Gasteiger partial charge in [0.1, 0.15) is 17.3 Å². The Morgan fingerprint density at radius 2 is 2.07 bits per heavy atom. The number of aromatic amines is 1. The molecule has 0 saturated heterocycles. The van der Waals surface area contributed by atoms with E-state index in [0.717, 1.165) is 28.8 Å². The molecule has 5 rings (SSSR count). The van der Waals surface area contributed by atoms with Crippen LogP contribution < -0.4 is 11.1 Å². The van der Waals surface area contributed by atoms with Gasteiger partial charge in [0.15, 0.2) is 5.76 Å². The van der Waals surface area contributed by atoms with Crippen molar-refractivity contribution in [3.8, 4) is 22.6 Å². The topological polar surface area (TPSA) is 131 Å². The van der Waals surface area contributed by atoms with Crippen molar-refractivity contribution in [2.75, 3.05) is 11.1 Å². The molecule has 0 bridgehead atoms. The van der Waals surface area contributed by atoms with Gasteiger partial charge in [-0.2, -0.15) is 10.1 Å². The highest BCUT2D eigenvalue weighted by Crippen LogP contribution is 2.40. The van der Waals surface area contributed by atoms with Gasteiger partial charge >= 0.3 is 0 Å². The quantitative estimate of drug-likeness (QED) is 0.444. The van der Waals surface area contributed by atoms with E-state index >= 15 is 0 Å². The van der Waals surface area contributed by atoms with Gasteiger partial charge in [0.2, 0.25) is 5.95 Å². The molecule has 152 valence electrons. The lowest BCUT2D eigenvalue weighted by atomic mass is 10.1. The van der Waals surface area contributed by atoms with Crippen molar-refractivity contribution in [3.63, 3.8) is 0 Å². The summed E-state index contributed by atoms with van der Waals surface area (Å²) >= 11 is 0. The van der Waals surface area contributed by atoms with E-state index in [1.807, 2.05) is 13.0 Å². The number of nitrogen functional groups attached to an aromatic ring is 1. The molecule has 1 aliphatic carbocycles. The molecular formula is C20H19FN8O. The number of hydrogen-bond acceptors (Lipinski definition) is 8. The third kappa shape index (κ3) is 3.59. The summed E-state index contributed by atoms with van der Waals surface area (Å²) < 4.78 is 18.3. The van der Waals surface area contributed by atoms with Gasteiger partial charge in [-0.15, -0.1) is 0 Å². The average Bonchev–Trinajstić information content (AvgIpc) is 3.27. The summed E-state index contributed by atoms with van der Waals surface area (Å²) in [5.74, 6) is 1.46. The Bertz CT molecular complexity index is 1170. The minimum Gasteiger partial charge on any atom is -0.383 e. The van der Waals surface area contributed by atoms with Gasteiger partial charge < -0.3 is 15.6 Å². The van der Waals surface area contributed by atoms with Crippen LogP contribution in [0.1, 0.15) is 35.9 Å². The third-order valence-corrected chi connectivity index (χ3v) is 4.96. The van der Waals surface area contributed by atoms with Crippen LogP contribution in [0.4, 0.5) is 16.2 Å². The number of halogens is 1. The van der Waals surface area contributed by atoms with E-state index < -0.39 is 5.82 Å². The maximum Gasteiger partial charge on any atom is 0.225 e. The fourth-order valence-electron chi connectivity index (χ4n) is 3.27. The Morgan fingerprint density at radius 3 is 2.80 bits per heavy atom. The Hall–Kier alpha value is -3.82. The minimum atomic E-state index is -0.406. The Balaban J connectivity index is 1.30. The van der Waals surface area contributed by atoms with Gasteiger partial charge in [0.05, 0.1) is 35.4 Å². The number of pyridine rings is 1. The SMILES string of the molecule is Cc1nc(NCc2cc(-c3ccc(F)cn3)no2)nc(N)c1-c1cc(C2CC2)[nH]n1. The first-order valence-corrected chi connectivity index (χ1v) is 9.58. The number of aromatic nitrogens is 6. The first kappa shape index (κ1) is 18.2. The smallest absolute Gasteiger partial charge is 0.225 e. The monoisotopic (exact) mass is 406 g/mol. The van der Waals surface area contributed by atoms with Crippen molar-refractivity contribution in [1.29, 1.82) is 0 Å². The van der Waals surface area contributed by atoms with Crippen molar-refractivity contribution in [2.24, 2.45) is 0 Å². The Labute approximate surface area is 170 Å². The van der Waals surface area contributed by atoms with Crippen LogP contribution in [0.15, 0.2) is 35.0 Å². The lowest BCUT2D eigenvalue weighted by Crippen LogP contribution is -2.08. The minimum absolute atomic E-state index is 0.306. The molecule has 4 heterocycles. The molecule has 0 spiro atoms. The molecule has 4 aromatic rings. The lowest BCUT2D eigenvalue weighted by Gasteiger charge is -2.09. The van der Waals surface area contributed by atoms with Gasteiger partial charge in [-0.1, -0.05) is 5.16 Å².